The number of ether oxygens (including phenoxy) is 1. The lowest BCUT2D eigenvalue weighted by molar-refractivity contribution is 0.423. The van der Waals surface area contributed by atoms with Gasteiger partial charge in [0.15, 0.2) is 0 Å². The van der Waals surface area contributed by atoms with Crippen LogP contribution in [0.4, 0.5) is 0 Å². The highest BCUT2D eigenvalue weighted by atomic mass is 35.5. The lowest BCUT2D eigenvalue weighted by atomic mass is 10.1. The van der Waals surface area contributed by atoms with Crippen LogP contribution in [0.1, 0.15) is 25.8 Å². The molecule has 20 heavy (non-hydrogen) atoms. The molecule has 0 aliphatic heterocycles. The number of hydrogen-bond donors (Lipinski definition) is 1. The van der Waals surface area contributed by atoms with Gasteiger partial charge in [0.1, 0.15) is 10.8 Å². The molecule has 0 saturated carbocycles. The summed E-state index contributed by atoms with van der Waals surface area (Å²) in [5, 5.41) is 13.8. The molecular formula is C13H15Cl2N3OS. The van der Waals surface area contributed by atoms with E-state index in [-0.39, 0.29) is 5.54 Å². The predicted molar refractivity (Wildman–Crippen MR) is 83.0 cm³/mol. The van der Waals surface area contributed by atoms with Crippen molar-refractivity contribution in [3.05, 3.63) is 33.3 Å². The normalized spacial score (nSPS) is 11.7. The number of benzene rings is 1. The molecule has 4 nitrogen and oxygen atoms in total. The van der Waals surface area contributed by atoms with Crippen molar-refractivity contribution >= 4 is 34.5 Å². The lowest BCUT2D eigenvalue weighted by Gasteiger charge is -2.19. The molecule has 1 aromatic carbocycles. The van der Waals surface area contributed by atoms with Gasteiger partial charge in [-0.3, -0.25) is 0 Å². The maximum absolute atomic E-state index is 5.91. The minimum absolute atomic E-state index is 0.0349. The third-order valence-corrected chi connectivity index (χ3v) is 3.50. The molecule has 7 heteroatoms. The maximum atomic E-state index is 5.91. The van der Waals surface area contributed by atoms with Gasteiger partial charge in [-0.15, -0.1) is 5.10 Å². The van der Waals surface area contributed by atoms with Gasteiger partial charge in [-0.1, -0.05) is 39.6 Å². The van der Waals surface area contributed by atoms with E-state index in [1.165, 1.54) is 11.3 Å². The smallest absolute Gasteiger partial charge is 0.299 e. The number of halogens is 2. The third-order valence-electron chi connectivity index (χ3n) is 2.26. The van der Waals surface area contributed by atoms with Gasteiger partial charge in [-0.05, 0) is 39.0 Å². The summed E-state index contributed by atoms with van der Waals surface area (Å²) < 4.78 is 5.60. The molecule has 0 radical (unpaired) electrons. The highest BCUT2D eigenvalue weighted by Gasteiger charge is 2.12. The van der Waals surface area contributed by atoms with Crippen molar-refractivity contribution in [3.63, 3.8) is 0 Å². The fourth-order valence-electron chi connectivity index (χ4n) is 1.38. The van der Waals surface area contributed by atoms with Crippen molar-refractivity contribution < 1.29 is 4.74 Å². The van der Waals surface area contributed by atoms with Crippen LogP contribution in [-0.4, -0.2) is 15.7 Å². The van der Waals surface area contributed by atoms with Crippen molar-refractivity contribution in [1.29, 1.82) is 0 Å². The van der Waals surface area contributed by atoms with Crippen LogP contribution in [0.25, 0.3) is 0 Å². The number of nitrogens with zero attached hydrogens (tertiary/aromatic N) is 2. The second kappa shape index (κ2) is 6.26. The molecule has 0 aliphatic carbocycles. The molecule has 2 rings (SSSR count). The van der Waals surface area contributed by atoms with E-state index in [1.54, 1.807) is 18.2 Å². The molecule has 0 amide bonds. The van der Waals surface area contributed by atoms with Crippen LogP contribution in [0.5, 0.6) is 10.9 Å². The Bertz CT molecular complexity index is 575. The van der Waals surface area contributed by atoms with E-state index >= 15 is 0 Å². The zero-order valence-electron chi connectivity index (χ0n) is 11.4. The van der Waals surface area contributed by atoms with Crippen molar-refractivity contribution in [2.45, 2.75) is 32.9 Å². The van der Waals surface area contributed by atoms with Gasteiger partial charge in [0, 0.05) is 15.6 Å². The van der Waals surface area contributed by atoms with Crippen molar-refractivity contribution in [2.75, 3.05) is 0 Å². The van der Waals surface area contributed by atoms with Gasteiger partial charge in [0.2, 0.25) is 0 Å². The number of nitrogens with one attached hydrogen (secondary N) is 1. The molecule has 0 atom stereocenters. The molecule has 2 aromatic rings. The summed E-state index contributed by atoms with van der Waals surface area (Å²) in [7, 11) is 0. The van der Waals surface area contributed by atoms with Crippen molar-refractivity contribution in [2.24, 2.45) is 0 Å². The first kappa shape index (κ1) is 15.5. The largest absolute Gasteiger partial charge is 0.430 e. The molecule has 108 valence electrons. The Morgan fingerprint density at radius 2 is 1.80 bits per heavy atom. The van der Waals surface area contributed by atoms with E-state index in [2.05, 4.69) is 36.3 Å². The summed E-state index contributed by atoms with van der Waals surface area (Å²) in [5.41, 5.74) is 0.0349. The summed E-state index contributed by atoms with van der Waals surface area (Å²) in [5.74, 6) is 0.550. The van der Waals surface area contributed by atoms with E-state index in [4.69, 9.17) is 27.9 Å². The minimum atomic E-state index is 0.0349. The van der Waals surface area contributed by atoms with Crippen LogP contribution in [0, 0.1) is 0 Å². The number of rotatable bonds is 4. The highest BCUT2D eigenvalue weighted by Crippen LogP contribution is 2.29. The molecule has 1 heterocycles. The van der Waals surface area contributed by atoms with Crippen LogP contribution in [0.15, 0.2) is 18.2 Å². The minimum Gasteiger partial charge on any atom is -0.430 e. The zero-order valence-corrected chi connectivity index (χ0v) is 13.7. The molecule has 0 bridgehead atoms. The topological polar surface area (TPSA) is 47.0 Å². The molecule has 0 saturated heterocycles. The van der Waals surface area contributed by atoms with Crippen molar-refractivity contribution in [3.8, 4) is 10.9 Å². The number of hydrogen-bond acceptors (Lipinski definition) is 5. The maximum Gasteiger partial charge on any atom is 0.299 e. The first-order chi connectivity index (χ1) is 9.32. The third kappa shape index (κ3) is 4.90. The Kier molecular flexibility index (Phi) is 4.86. The summed E-state index contributed by atoms with van der Waals surface area (Å²) >= 11 is 13.2. The quantitative estimate of drug-likeness (QED) is 0.894. The average molecular weight is 332 g/mol. The van der Waals surface area contributed by atoms with Crippen LogP contribution in [0.3, 0.4) is 0 Å². The molecule has 0 aliphatic rings. The summed E-state index contributed by atoms with van der Waals surface area (Å²) in [4.78, 5) is 0. The fourth-order valence-corrected chi connectivity index (χ4v) is 2.53. The molecular weight excluding hydrogens is 317 g/mol. The fraction of sp³-hybridized carbons (Fsp3) is 0.385. The van der Waals surface area contributed by atoms with Gasteiger partial charge >= 0.3 is 0 Å². The Hall–Kier alpha value is -0.880. The first-order valence-corrected chi connectivity index (χ1v) is 7.60. The SMILES string of the molecule is CC(C)(C)NCc1nnc(Oc2cc(Cl)cc(Cl)c2)s1. The Morgan fingerprint density at radius 3 is 2.40 bits per heavy atom. The Morgan fingerprint density at radius 1 is 1.15 bits per heavy atom. The molecule has 1 N–H and O–H groups in total. The molecule has 0 fully saturated rings. The van der Waals surface area contributed by atoms with Gasteiger partial charge in [0.05, 0.1) is 6.54 Å². The van der Waals surface area contributed by atoms with Crippen LogP contribution < -0.4 is 10.1 Å². The van der Waals surface area contributed by atoms with Gasteiger partial charge in [0.25, 0.3) is 5.19 Å². The number of aromatic nitrogens is 2. The second-order valence-corrected chi connectivity index (χ2v) is 7.17. The highest BCUT2D eigenvalue weighted by molar-refractivity contribution is 7.13. The summed E-state index contributed by atoms with van der Waals surface area (Å²) in [6.45, 7) is 6.94. The van der Waals surface area contributed by atoms with E-state index in [9.17, 15) is 0 Å². The first-order valence-electron chi connectivity index (χ1n) is 6.03. The standard InChI is InChI=1S/C13H15Cl2N3OS/c1-13(2,3)16-7-11-17-18-12(20-11)19-10-5-8(14)4-9(15)6-10/h4-6,16H,7H2,1-3H3. The second-order valence-electron chi connectivity index (χ2n) is 5.27. The molecule has 0 unspecified atom stereocenters. The average Bonchev–Trinajstić information content (AvgIpc) is 2.72. The predicted octanol–water partition coefficient (Wildman–Crippen LogP) is 4.53. The zero-order chi connectivity index (χ0) is 14.8. The van der Waals surface area contributed by atoms with E-state index in [0.29, 0.717) is 27.5 Å². The van der Waals surface area contributed by atoms with E-state index in [0.717, 1.165) is 5.01 Å². The Labute approximate surface area is 132 Å². The monoisotopic (exact) mass is 331 g/mol. The van der Waals surface area contributed by atoms with Crippen LogP contribution in [-0.2, 0) is 6.54 Å². The van der Waals surface area contributed by atoms with E-state index in [1.807, 2.05) is 0 Å². The van der Waals surface area contributed by atoms with Crippen LogP contribution in [0.2, 0.25) is 10.0 Å². The summed E-state index contributed by atoms with van der Waals surface area (Å²) in [6.07, 6.45) is 0. The van der Waals surface area contributed by atoms with Gasteiger partial charge < -0.3 is 10.1 Å². The lowest BCUT2D eigenvalue weighted by Crippen LogP contribution is -2.35. The summed E-state index contributed by atoms with van der Waals surface area (Å²) in [6, 6.07) is 5.01. The van der Waals surface area contributed by atoms with Crippen molar-refractivity contribution in [1.82, 2.24) is 15.5 Å². The van der Waals surface area contributed by atoms with Crippen LogP contribution >= 0.6 is 34.5 Å². The molecule has 0 spiro atoms. The van der Waals surface area contributed by atoms with Gasteiger partial charge in [-0.2, -0.15) is 0 Å². The molecule has 1 aromatic heterocycles. The van der Waals surface area contributed by atoms with Gasteiger partial charge in [-0.25, -0.2) is 0 Å². The van der Waals surface area contributed by atoms with E-state index < -0.39 is 0 Å². The Balaban J connectivity index is 2.02.